The number of fused-ring (bicyclic) bond motifs is 2. The van der Waals surface area contributed by atoms with Gasteiger partial charge in [0, 0.05) is 19.5 Å². The standard InChI is InChI=1S/C21H22N2O5/c1-14-21(25)23(16-4-2-3-5-17(16)28-14)11-9-20(24)22-10-8-15-6-7-18-19(12-15)27-13-26-18/h2-7,12,14H,8-11,13H2,1H3,(H,22,24). The minimum atomic E-state index is -0.552. The summed E-state index contributed by atoms with van der Waals surface area (Å²) >= 11 is 0. The molecule has 2 aromatic carbocycles. The molecule has 0 aromatic heterocycles. The number of anilines is 1. The van der Waals surface area contributed by atoms with E-state index in [1.165, 1.54) is 0 Å². The molecule has 1 N–H and O–H groups in total. The van der Waals surface area contributed by atoms with E-state index in [1.54, 1.807) is 11.8 Å². The fourth-order valence-corrected chi connectivity index (χ4v) is 3.33. The zero-order valence-corrected chi connectivity index (χ0v) is 15.6. The Kier molecular flexibility index (Phi) is 5.06. The van der Waals surface area contributed by atoms with Crippen LogP contribution in [0.4, 0.5) is 5.69 Å². The summed E-state index contributed by atoms with van der Waals surface area (Å²) in [5, 5.41) is 2.91. The monoisotopic (exact) mass is 382 g/mol. The highest BCUT2D eigenvalue weighted by Gasteiger charge is 2.31. The zero-order valence-electron chi connectivity index (χ0n) is 15.6. The maximum absolute atomic E-state index is 12.4. The molecule has 0 fully saturated rings. The van der Waals surface area contributed by atoms with Crippen molar-refractivity contribution in [2.24, 2.45) is 0 Å². The first-order chi connectivity index (χ1) is 13.6. The molecule has 1 atom stereocenters. The highest BCUT2D eigenvalue weighted by Crippen LogP contribution is 2.34. The molecule has 2 aromatic rings. The van der Waals surface area contributed by atoms with Gasteiger partial charge in [0.1, 0.15) is 5.75 Å². The average molecular weight is 382 g/mol. The number of ether oxygens (including phenoxy) is 3. The van der Waals surface area contributed by atoms with Crippen molar-refractivity contribution in [3.05, 3.63) is 48.0 Å². The van der Waals surface area contributed by atoms with Crippen LogP contribution in [0.3, 0.4) is 0 Å². The molecule has 146 valence electrons. The number of hydrogen-bond donors (Lipinski definition) is 1. The van der Waals surface area contributed by atoms with Gasteiger partial charge in [-0.25, -0.2) is 0 Å². The van der Waals surface area contributed by atoms with E-state index in [-0.39, 0.29) is 25.0 Å². The van der Waals surface area contributed by atoms with Crippen molar-refractivity contribution in [1.29, 1.82) is 0 Å². The molecule has 0 bridgehead atoms. The predicted octanol–water partition coefficient (Wildman–Crippen LogP) is 2.28. The van der Waals surface area contributed by atoms with Gasteiger partial charge in [-0.15, -0.1) is 0 Å². The SMILES string of the molecule is CC1Oc2ccccc2N(CCC(=O)NCCc2ccc3c(c2)OCO3)C1=O. The third kappa shape index (κ3) is 3.74. The summed E-state index contributed by atoms with van der Waals surface area (Å²) in [4.78, 5) is 26.3. The summed E-state index contributed by atoms with van der Waals surface area (Å²) in [5.74, 6) is 1.93. The largest absolute Gasteiger partial charge is 0.479 e. The molecule has 0 spiro atoms. The van der Waals surface area contributed by atoms with Crippen LogP contribution < -0.4 is 24.4 Å². The molecular weight excluding hydrogens is 360 g/mol. The van der Waals surface area contributed by atoms with Crippen molar-refractivity contribution in [1.82, 2.24) is 5.32 Å². The Morgan fingerprint density at radius 2 is 1.96 bits per heavy atom. The third-order valence-electron chi connectivity index (χ3n) is 4.81. The molecule has 4 rings (SSSR count). The number of rotatable bonds is 6. The summed E-state index contributed by atoms with van der Waals surface area (Å²) in [7, 11) is 0. The van der Waals surface area contributed by atoms with Crippen molar-refractivity contribution in [3.63, 3.8) is 0 Å². The van der Waals surface area contributed by atoms with Crippen LogP contribution >= 0.6 is 0 Å². The molecule has 2 amide bonds. The Bertz CT molecular complexity index is 898. The quantitative estimate of drug-likeness (QED) is 0.829. The summed E-state index contributed by atoms with van der Waals surface area (Å²) < 4.78 is 16.3. The fraction of sp³-hybridized carbons (Fsp3) is 0.333. The minimum Gasteiger partial charge on any atom is -0.479 e. The van der Waals surface area contributed by atoms with Crippen LogP contribution in [-0.2, 0) is 16.0 Å². The summed E-state index contributed by atoms with van der Waals surface area (Å²) in [6.45, 7) is 2.80. The van der Waals surface area contributed by atoms with Gasteiger partial charge in [0.15, 0.2) is 17.6 Å². The summed E-state index contributed by atoms with van der Waals surface area (Å²) in [5.41, 5.74) is 1.77. The zero-order chi connectivity index (χ0) is 19.5. The highest BCUT2D eigenvalue weighted by molar-refractivity contribution is 6.00. The van der Waals surface area contributed by atoms with Crippen LogP contribution in [0.1, 0.15) is 18.9 Å². The average Bonchev–Trinajstić information content (AvgIpc) is 3.16. The molecule has 1 unspecified atom stereocenters. The van der Waals surface area contributed by atoms with Crippen LogP contribution in [0.5, 0.6) is 17.2 Å². The Balaban J connectivity index is 1.28. The van der Waals surface area contributed by atoms with E-state index >= 15 is 0 Å². The maximum atomic E-state index is 12.4. The molecular formula is C21H22N2O5. The Labute approximate surface area is 163 Å². The van der Waals surface area contributed by atoms with Crippen molar-refractivity contribution in [2.45, 2.75) is 25.9 Å². The Morgan fingerprint density at radius 1 is 1.14 bits per heavy atom. The summed E-state index contributed by atoms with van der Waals surface area (Å²) in [6, 6.07) is 13.1. The molecule has 2 heterocycles. The molecule has 0 aliphatic carbocycles. The van der Waals surface area contributed by atoms with Gasteiger partial charge < -0.3 is 24.4 Å². The number of carbonyl (C=O) groups is 2. The minimum absolute atomic E-state index is 0.0924. The highest BCUT2D eigenvalue weighted by atomic mass is 16.7. The first-order valence-corrected chi connectivity index (χ1v) is 9.34. The van der Waals surface area contributed by atoms with Crippen LogP contribution in [0.25, 0.3) is 0 Å². The van der Waals surface area contributed by atoms with Gasteiger partial charge in [-0.1, -0.05) is 18.2 Å². The topological polar surface area (TPSA) is 77.1 Å². The van der Waals surface area contributed by atoms with Crippen molar-refractivity contribution in [2.75, 3.05) is 24.8 Å². The van der Waals surface area contributed by atoms with Gasteiger partial charge in [0.2, 0.25) is 12.7 Å². The number of nitrogens with zero attached hydrogens (tertiary/aromatic N) is 1. The smallest absolute Gasteiger partial charge is 0.267 e. The lowest BCUT2D eigenvalue weighted by atomic mass is 10.1. The van der Waals surface area contributed by atoms with Crippen molar-refractivity contribution in [3.8, 4) is 17.2 Å². The van der Waals surface area contributed by atoms with Gasteiger partial charge in [0.05, 0.1) is 5.69 Å². The Hall–Kier alpha value is -3.22. The second-order valence-electron chi connectivity index (χ2n) is 6.76. The van der Waals surface area contributed by atoms with Crippen molar-refractivity contribution >= 4 is 17.5 Å². The lowest BCUT2D eigenvalue weighted by molar-refractivity contribution is -0.125. The molecule has 2 aliphatic rings. The number of carbonyl (C=O) groups excluding carboxylic acids is 2. The van der Waals surface area contributed by atoms with Gasteiger partial charge in [-0.3, -0.25) is 9.59 Å². The first-order valence-electron chi connectivity index (χ1n) is 9.34. The lowest BCUT2D eigenvalue weighted by Gasteiger charge is -2.32. The third-order valence-corrected chi connectivity index (χ3v) is 4.81. The Morgan fingerprint density at radius 3 is 2.86 bits per heavy atom. The number of benzene rings is 2. The van der Waals surface area contributed by atoms with Crippen LogP contribution in [0.15, 0.2) is 42.5 Å². The second kappa shape index (κ2) is 7.80. The normalized spacial score (nSPS) is 17.1. The predicted molar refractivity (Wildman–Crippen MR) is 103 cm³/mol. The van der Waals surface area contributed by atoms with Gasteiger partial charge >= 0.3 is 0 Å². The number of hydrogen-bond acceptors (Lipinski definition) is 5. The molecule has 0 saturated heterocycles. The van der Waals surface area contributed by atoms with Gasteiger partial charge in [-0.05, 0) is 43.2 Å². The van der Waals surface area contributed by atoms with Crippen LogP contribution in [0, 0.1) is 0 Å². The van der Waals surface area contributed by atoms with E-state index in [2.05, 4.69) is 5.32 Å². The number of nitrogens with one attached hydrogen (secondary N) is 1. The van der Waals surface area contributed by atoms with E-state index in [4.69, 9.17) is 14.2 Å². The van der Waals surface area contributed by atoms with Gasteiger partial charge in [-0.2, -0.15) is 0 Å². The van der Waals surface area contributed by atoms with E-state index in [1.807, 2.05) is 42.5 Å². The van der Waals surface area contributed by atoms with Gasteiger partial charge in [0.25, 0.3) is 5.91 Å². The number of para-hydroxylation sites is 2. The maximum Gasteiger partial charge on any atom is 0.267 e. The van der Waals surface area contributed by atoms with E-state index in [0.717, 1.165) is 17.1 Å². The molecule has 28 heavy (non-hydrogen) atoms. The molecule has 2 aliphatic heterocycles. The molecule has 7 heteroatoms. The van der Waals surface area contributed by atoms with E-state index < -0.39 is 6.10 Å². The fourth-order valence-electron chi connectivity index (χ4n) is 3.33. The second-order valence-corrected chi connectivity index (χ2v) is 6.76. The van der Waals surface area contributed by atoms with Crippen LogP contribution in [-0.4, -0.2) is 37.8 Å². The first kappa shape index (κ1) is 18.2. The summed E-state index contributed by atoms with van der Waals surface area (Å²) in [6.07, 6.45) is 0.371. The van der Waals surface area contributed by atoms with Crippen molar-refractivity contribution < 1.29 is 23.8 Å². The lowest BCUT2D eigenvalue weighted by Crippen LogP contribution is -2.45. The number of amides is 2. The van der Waals surface area contributed by atoms with Crippen LogP contribution in [0.2, 0.25) is 0 Å². The molecule has 0 saturated carbocycles. The van der Waals surface area contributed by atoms with E-state index in [0.29, 0.717) is 30.9 Å². The molecule has 7 nitrogen and oxygen atoms in total. The van der Waals surface area contributed by atoms with E-state index in [9.17, 15) is 9.59 Å². The molecule has 0 radical (unpaired) electrons.